The zero-order valence-corrected chi connectivity index (χ0v) is 26.5. The first-order chi connectivity index (χ1) is 22.8. The van der Waals surface area contributed by atoms with Crippen LogP contribution in [0.4, 0.5) is 0 Å². The second-order valence-electron chi connectivity index (χ2n) is 11.9. The zero-order valence-electron chi connectivity index (χ0n) is 26.5. The molecule has 244 valence electrons. The van der Waals surface area contributed by atoms with Gasteiger partial charge in [0.25, 0.3) is 5.56 Å². The summed E-state index contributed by atoms with van der Waals surface area (Å²) in [6.45, 7) is 3.37. The summed E-state index contributed by atoms with van der Waals surface area (Å²) in [5.74, 6) is 0.654. The summed E-state index contributed by atoms with van der Waals surface area (Å²) in [6, 6.07) is 25.6. The minimum absolute atomic E-state index is 0.104. The Morgan fingerprint density at radius 3 is 2.09 bits per heavy atom. The number of H-pyrrole nitrogens is 1. The van der Waals surface area contributed by atoms with Gasteiger partial charge in [-0.1, -0.05) is 54.6 Å². The molecule has 0 unspecified atom stereocenters. The highest BCUT2D eigenvalue weighted by Gasteiger charge is 2.57. The second-order valence-corrected chi connectivity index (χ2v) is 11.9. The Kier molecular flexibility index (Phi) is 8.06. The van der Waals surface area contributed by atoms with Crippen LogP contribution >= 0.6 is 0 Å². The molecular weight excluding hydrogens is 604 g/mol. The van der Waals surface area contributed by atoms with Gasteiger partial charge in [-0.05, 0) is 54.8 Å². The van der Waals surface area contributed by atoms with Gasteiger partial charge in [-0.25, -0.2) is 9.97 Å². The predicted molar refractivity (Wildman–Crippen MR) is 170 cm³/mol. The minimum atomic E-state index is -1.07. The van der Waals surface area contributed by atoms with Crippen molar-refractivity contribution in [1.29, 1.82) is 0 Å². The molecule has 12 nitrogen and oxygen atoms in total. The molecule has 0 saturated carbocycles. The molecule has 12 heteroatoms. The number of hydrogen-bond acceptors (Lipinski definition) is 10. The van der Waals surface area contributed by atoms with E-state index in [9.17, 15) is 9.90 Å². The quantitative estimate of drug-likeness (QED) is 0.215. The molecular formula is C35H36N4O8. The fourth-order valence-corrected chi connectivity index (χ4v) is 6.53. The molecule has 4 atom stereocenters. The number of imidazole rings is 1. The van der Waals surface area contributed by atoms with E-state index in [0.717, 1.165) is 28.2 Å². The number of nitrogens with one attached hydrogen (secondary N) is 1. The Hall–Kier alpha value is -4.59. The van der Waals surface area contributed by atoms with Crippen molar-refractivity contribution < 1.29 is 33.5 Å². The van der Waals surface area contributed by atoms with Crippen LogP contribution in [0.2, 0.25) is 0 Å². The van der Waals surface area contributed by atoms with Crippen molar-refractivity contribution in [2.24, 2.45) is 0 Å². The molecule has 2 aromatic heterocycles. The van der Waals surface area contributed by atoms with Gasteiger partial charge in [0.05, 0.1) is 27.2 Å². The molecule has 2 N–H and O–H groups in total. The van der Waals surface area contributed by atoms with Gasteiger partial charge in [-0.3, -0.25) is 9.36 Å². The van der Waals surface area contributed by atoms with Crippen LogP contribution in [0.3, 0.4) is 0 Å². The average Bonchev–Trinajstić information content (AvgIpc) is 3.76. The van der Waals surface area contributed by atoms with Crippen molar-refractivity contribution in [2.45, 2.75) is 56.4 Å². The van der Waals surface area contributed by atoms with Crippen molar-refractivity contribution in [3.05, 3.63) is 118 Å². The van der Waals surface area contributed by atoms with E-state index in [0.29, 0.717) is 0 Å². The third kappa shape index (κ3) is 5.47. The van der Waals surface area contributed by atoms with Crippen LogP contribution in [-0.4, -0.2) is 69.6 Å². The molecule has 0 aliphatic carbocycles. The predicted octanol–water partition coefficient (Wildman–Crippen LogP) is 4.06. The van der Waals surface area contributed by atoms with Crippen LogP contribution in [0.25, 0.3) is 11.2 Å². The van der Waals surface area contributed by atoms with E-state index >= 15 is 0 Å². The molecule has 4 heterocycles. The lowest BCUT2D eigenvalue weighted by Gasteiger charge is -2.37. The number of hydrogen-bond donors (Lipinski definition) is 2. The number of aliphatic hydroxyl groups is 1. The number of methoxy groups -OCH3 is 2. The first-order valence-corrected chi connectivity index (χ1v) is 15.3. The van der Waals surface area contributed by atoms with Crippen LogP contribution in [0, 0.1) is 0 Å². The van der Waals surface area contributed by atoms with E-state index in [-0.39, 0.29) is 23.6 Å². The largest absolute Gasteiger partial charge is 0.497 e. The van der Waals surface area contributed by atoms with Gasteiger partial charge < -0.3 is 38.5 Å². The maximum atomic E-state index is 12.7. The van der Waals surface area contributed by atoms with Crippen LogP contribution in [0.1, 0.15) is 42.6 Å². The molecule has 0 amide bonds. The van der Waals surface area contributed by atoms with Crippen molar-refractivity contribution in [2.75, 3.05) is 20.8 Å². The summed E-state index contributed by atoms with van der Waals surface area (Å²) in [4.78, 5) is 23.9. The Bertz CT molecular complexity index is 1860. The summed E-state index contributed by atoms with van der Waals surface area (Å²) in [6.07, 6.45) is -0.927. The lowest BCUT2D eigenvalue weighted by atomic mass is 9.80. The van der Waals surface area contributed by atoms with Crippen molar-refractivity contribution in [3.8, 4) is 11.5 Å². The lowest BCUT2D eigenvalue weighted by molar-refractivity contribution is -0.204. The Morgan fingerprint density at radius 2 is 1.49 bits per heavy atom. The SMILES string of the molecule is COc1ccc(C(OC[C@@H]2O[C@H](n3cnc4c(=O)[nH]c(CO)nc43)[C@H]3OC(C)(C)O[C@H]32)(c2ccccc2)c2ccc(OC)cc2)cc1. The van der Waals surface area contributed by atoms with Crippen LogP contribution in [0.15, 0.2) is 90.0 Å². The molecule has 2 aliphatic heterocycles. The minimum Gasteiger partial charge on any atom is -0.497 e. The highest BCUT2D eigenvalue weighted by atomic mass is 16.8. The van der Waals surface area contributed by atoms with E-state index < -0.39 is 48.1 Å². The first-order valence-electron chi connectivity index (χ1n) is 15.3. The summed E-state index contributed by atoms with van der Waals surface area (Å²) >= 11 is 0. The van der Waals surface area contributed by atoms with Gasteiger partial charge in [0.2, 0.25) is 0 Å². The normalized spacial score (nSPS) is 22.0. The Morgan fingerprint density at radius 1 is 0.894 bits per heavy atom. The van der Waals surface area contributed by atoms with Crippen LogP contribution in [-0.2, 0) is 31.2 Å². The number of fused-ring (bicyclic) bond motifs is 2. The molecule has 2 aliphatic rings. The van der Waals surface area contributed by atoms with E-state index in [1.807, 2.05) is 92.7 Å². The second kappa shape index (κ2) is 12.2. The summed E-state index contributed by atoms with van der Waals surface area (Å²) in [5.41, 5.74) is 1.54. The number of nitrogens with zero attached hydrogens (tertiary/aromatic N) is 3. The molecule has 2 saturated heterocycles. The number of aromatic amines is 1. The monoisotopic (exact) mass is 640 g/mol. The maximum Gasteiger partial charge on any atom is 0.279 e. The van der Waals surface area contributed by atoms with E-state index in [1.165, 1.54) is 6.33 Å². The van der Waals surface area contributed by atoms with Gasteiger partial charge in [-0.2, -0.15) is 0 Å². The highest BCUT2D eigenvalue weighted by Crippen LogP contribution is 2.46. The zero-order chi connectivity index (χ0) is 32.8. The van der Waals surface area contributed by atoms with E-state index in [4.69, 9.17) is 28.4 Å². The van der Waals surface area contributed by atoms with Crippen LogP contribution < -0.4 is 15.0 Å². The molecule has 5 aromatic rings. The van der Waals surface area contributed by atoms with Crippen LogP contribution in [0.5, 0.6) is 11.5 Å². The fraction of sp³-hybridized carbons (Fsp3) is 0.343. The Balaban J connectivity index is 1.30. The standard InChI is InChI=1S/C35H36N4O8/c1-34(2)46-29-26(45-33(30(29)47-34)39-20-36-28-31(39)37-27(18-40)38-32(28)41)19-44-35(21-8-6-5-7-9-21,22-10-14-24(42-3)15-11-22)23-12-16-25(43-4)17-13-23/h5-17,20,26,29-30,33,40H,18-19H2,1-4H3,(H,37,38,41)/t26-,29-,30-,33-/m0/s1. The van der Waals surface area contributed by atoms with Crippen molar-refractivity contribution in [3.63, 3.8) is 0 Å². The first kappa shape index (κ1) is 31.0. The molecule has 7 rings (SSSR count). The number of aliphatic hydroxyl groups excluding tert-OH is 1. The number of benzene rings is 3. The molecule has 47 heavy (non-hydrogen) atoms. The third-order valence-corrected chi connectivity index (χ3v) is 8.67. The third-order valence-electron chi connectivity index (χ3n) is 8.67. The van der Waals surface area contributed by atoms with Gasteiger partial charge in [0.1, 0.15) is 47.8 Å². The summed E-state index contributed by atoms with van der Waals surface area (Å²) in [7, 11) is 3.27. The average molecular weight is 641 g/mol. The summed E-state index contributed by atoms with van der Waals surface area (Å²) < 4.78 is 39.2. The lowest BCUT2D eigenvalue weighted by Crippen LogP contribution is -2.39. The van der Waals surface area contributed by atoms with Gasteiger partial charge in [0, 0.05) is 0 Å². The Labute approximate surface area is 270 Å². The van der Waals surface area contributed by atoms with Gasteiger partial charge in [0.15, 0.2) is 23.2 Å². The van der Waals surface area contributed by atoms with Gasteiger partial charge in [-0.15, -0.1) is 0 Å². The van der Waals surface area contributed by atoms with E-state index in [2.05, 4.69) is 15.0 Å². The fourth-order valence-electron chi connectivity index (χ4n) is 6.53. The topological polar surface area (TPSA) is 139 Å². The molecule has 2 fully saturated rings. The smallest absolute Gasteiger partial charge is 0.279 e. The maximum absolute atomic E-state index is 12.7. The number of rotatable bonds is 10. The summed E-state index contributed by atoms with van der Waals surface area (Å²) in [5, 5.41) is 9.69. The van der Waals surface area contributed by atoms with Crippen molar-refractivity contribution >= 4 is 11.2 Å². The molecule has 3 aromatic carbocycles. The highest BCUT2D eigenvalue weighted by molar-refractivity contribution is 5.69. The van der Waals surface area contributed by atoms with Crippen molar-refractivity contribution in [1.82, 2.24) is 19.5 Å². The molecule has 0 radical (unpaired) electrons. The van der Waals surface area contributed by atoms with Gasteiger partial charge >= 0.3 is 0 Å². The molecule has 0 bridgehead atoms. The molecule has 0 spiro atoms. The number of aromatic nitrogens is 4. The number of ether oxygens (including phenoxy) is 6. The van der Waals surface area contributed by atoms with E-state index in [1.54, 1.807) is 18.8 Å².